The SMILES string of the molecule is CCOc1cc(/C=N\Nc2nc(N3CCOCC3)nc(N3CCOCC3)n2)ccc1OCc1ccc([N+](=O)[O-])cc1. The Hall–Kier alpha value is -4.56. The highest BCUT2D eigenvalue weighted by atomic mass is 16.6. The smallest absolute Gasteiger partial charge is 0.269 e. The number of hydrogen-bond acceptors (Lipinski definition) is 13. The van der Waals surface area contributed by atoms with Gasteiger partial charge in [-0.2, -0.15) is 20.1 Å². The number of hydrazone groups is 1. The van der Waals surface area contributed by atoms with Crippen molar-refractivity contribution in [1.82, 2.24) is 15.0 Å². The Bertz CT molecular complexity index is 1310. The number of hydrogen-bond donors (Lipinski definition) is 1. The molecule has 2 saturated heterocycles. The fraction of sp³-hybridized carbons (Fsp3) is 0.407. The van der Waals surface area contributed by atoms with E-state index in [9.17, 15) is 10.1 Å². The second-order valence-corrected chi connectivity index (χ2v) is 9.18. The minimum absolute atomic E-state index is 0.0350. The van der Waals surface area contributed by atoms with Crippen molar-refractivity contribution in [2.24, 2.45) is 5.10 Å². The average molecular weight is 565 g/mol. The molecular formula is C27H32N8O6. The minimum Gasteiger partial charge on any atom is -0.490 e. The number of aromatic nitrogens is 3. The number of nitro groups is 1. The van der Waals surface area contributed by atoms with Gasteiger partial charge in [-0.25, -0.2) is 5.43 Å². The maximum atomic E-state index is 10.9. The summed E-state index contributed by atoms with van der Waals surface area (Å²) < 4.78 is 22.7. The summed E-state index contributed by atoms with van der Waals surface area (Å²) >= 11 is 0. The molecule has 2 aliphatic rings. The molecule has 0 atom stereocenters. The summed E-state index contributed by atoms with van der Waals surface area (Å²) in [6, 6.07) is 11.7. The summed E-state index contributed by atoms with van der Waals surface area (Å²) in [7, 11) is 0. The fourth-order valence-corrected chi connectivity index (χ4v) is 4.25. The number of nitrogens with zero attached hydrogens (tertiary/aromatic N) is 7. The van der Waals surface area contributed by atoms with Crippen molar-refractivity contribution in [1.29, 1.82) is 0 Å². The van der Waals surface area contributed by atoms with E-state index in [1.165, 1.54) is 12.1 Å². The lowest BCUT2D eigenvalue weighted by Crippen LogP contribution is -2.40. The van der Waals surface area contributed by atoms with Crippen molar-refractivity contribution in [3.63, 3.8) is 0 Å². The van der Waals surface area contributed by atoms with E-state index in [-0.39, 0.29) is 12.3 Å². The molecule has 3 heterocycles. The molecule has 14 nitrogen and oxygen atoms in total. The van der Waals surface area contributed by atoms with E-state index in [2.05, 4.69) is 30.3 Å². The monoisotopic (exact) mass is 564 g/mol. The molecule has 2 fully saturated rings. The van der Waals surface area contributed by atoms with Crippen LogP contribution < -0.4 is 24.7 Å². The van der Waals surface area contributed by atoms with Crippen molar-refractivity contribution >= 4 is 29.7 Å². The summed E-state index contributed by atoms with van der Waals surface area (Å²) in [6.07, 6.45) is 1.65. The zero-order valence-electron chi connectivity index (χ0n) is 22.8. The van der Waals surface area contributed by atoms with Crippen LogP contribution in [0.3, 0.4) is 0 Å². The van der Waals surface area contributed by atoms with Gasteiger partial charge in [0, 0.05) is 38.3 Å². The molecule has 0 bridgehead atoms. The second-order valence-electron chi connectivity index (χ2n) is 9.18. The lowest BCUT2D eigenvalue weighted by Gasteiger charge is -2.30. The van der Waals surface area contributed by atoms with Gasteiger partial charge in [0.05, 0.1) is 44.2 Å². The summed E-state index contributed by atoms with van der Waals surface area (Å²) in [5, 5.41) is 15.2. The summed E-state index contributed by atoms with van der Waals surface area (Å²) in [4.78, 5) is 28.5. The third-order valence-electron chi connectivity index (χ3n) is 6.39. The topological polar surface area (TPSA) is 150 Å². The molecule has 1 aromatic heterocycles. The first-order valence-corrected chi connectivity index (χ1v) is 13.4. The quantitative estimate of drug-likeness (QED) is 0.207. The summed E-state index contributed by atoms with van der Waals surface area (Å²) in [5.41, 5.74) is 4.56. The number of rotatable bonds is 11. The van der Waals surface area contributed by atoms with E-state index in [0.717, 1.165) is 11.1 Å². The third-order valence-corrected chi connectivity index (χ3v) is 6.39. The van der Waals surface area contributed by atoms with Gasteiger partial charge in [0.15, 0.2) is 11.5 Å². The Balaban J connectivity index is 1.28. The maximum absolute atomic E-state index is 10.9. The van der Waals surface area contributed by atoms with E-state index in [4.69, 9.17) is 23.9 Å². The van der Waals surface area contributed by atoms with E-state index >= 15 is 0 Å². The van der Waals surface area contributed by atoms with Gasteiger partial charge < -0.3 is 28.7 Å². The van der Waals surface area contributed by atoms with Crippen LogP contribution in [0.2, 0.25) is 0 Å². The molecule has 0 unspecified atom stereocenters. The van der Waals surface area contributed by atoms with Crippen molar-refractivity contribution in [2.75, 3.05) is 74.4 Å². The molecule has 3 aromatic rings. The molecule has 0 amide bonds. The lowest BCUT2D eigenvalue weighted by atomic mass is 10.2. The van der Waals surface area contributed by atoms with Gasteiger partial charge in [0.2, 0.25) is 17.8 Å². The predicted molar refractivity (Wildman–Crippen MR) is 152 cm³/mol. The molecule has 14 heteroatoms. The summed E-state index contributed by atoms with van der Waals surface area (Å²) in [6.45, 7) is 7.87. The third kappa shape index (κ3) is 7.55. The van der Waals surface area contributed by atoms with Crippen LogP contribution in [-0.4, -0.2) is 85.3 Å². The van der Waals surface area contributed by atoms with Crippen molar-refractivity contribution < 1.29 is 23.9 Å². The number of nitro benzene ring substituents is 1. The molecule has 41 heavy (non-hydrogen) atoms. The van der Waals surface area contributed by atoms with Crippen LogP contribution in [0.1, 0.15) is 18.1 Å². The van der Waals surface area contributed by atoms with E-state index in [1.807, 2.05) is 19.1 Å². The largest absolute Gasteiger partial charge is 0.490 e. The Morgan fingerprint density at radius 1 is 0.927 bits per heavy atom. The van der Waals surface area contributed by atoms with Crippen LogP contribution in [0.4, 0.5) is 23.5 Å². The zero-order valence-corrected chi connectivity index (χ0v) is 22.8. The van der Waals surface area contributed by atoms with Gasteiger partial charge >= 0.3 is 0 Å². The molecule has 0 saturated carbocycles. The number of nitrogens with one attached hydrogen (secondary N) is 1. The number of morpholine rings is 2. The van der Waals surface area contributed by atoms with Crippen molar-refractivity contribution in [3.05, 3.63) is 63.7 Å². The number of anilines is 3. The molecular weight excluding hydrogens is 532 g/mol. The highest BCUT2D eigenvalue weighted by Gasteiger charge is 2.20. The molecule has 0 radical (unpaired) electrons. The van der Waals surface area contributed by atoms with E-state index in [0.29, 0.717) is 88.6 Å². The van der Waals surface area contributed by atoms with E-state index in [1.54, 1.807) is 24.4 Å². The standard InChI is InChI=1S/C27H32N8O6/c1-2-40-24-17-21(5-8-23(24)41-19-20-3-6-22(7-4-20)35(36)37)18-28-32-25-29-26(33-9-13-38-14-10-33)31-27(30-25)34-11-15-39-16-12-34/h3-8,17-18H,2,9-16,19H2,1H3,(H,29,30,31,32)/b28-18-. The normalized spacial score (nSPS) is 15.6. The van der Waals surface area contributed by atoms with Gasteiger partial charge in [-0.15, -0.1) is 0 Å². The Morgan fingerprint density at radius 3 is 2.15 bits per heavy atom. The fourth-order valence-electron chi connectivity index (χ4n) is 4.25. The molecule has 1 N–H and O–H groups in total. The average Bonchev–Trinajstić information content (AvgIpc) is 3.02. The Morgan fingerprint density at radius 2 is 1.56 bits per heavy atom. The van der Waals surface area contributed by atoms with Crippen LogP contribution in [0.15, 0.2) is 47.6 Å². The van der Waals surface area contributed by atoms with Gasteiger partial charge in [0.25, 0.3) is 5.69 Å². The maximum Gasteiger partial charge on any atom is 0.269 e. The van der Waals surface area contributed by atoms with Gasteiger partial charge in [-0.3, -0.25) is 10.1 Å². The minimum atomic E-state index is -0.431. The first kappa shape index (κ1) is 28.0. The van der Waals surface area contributed by atoms with Crippen LogP contribution in [0.5, 0.6) is 11.5 Å². The van der Waals surface area contributed by atoms with Crippen molar-refractivity contribution in [3.8, 4) is 11.5 Å². The molecule has 216 valence electrons. The summed E-state index contributed by atoms with van der Waals surface area (Å²) in [5.74, 6) is 2.61. The van der Waals surface area contributed by atoms with Crippen LogP contribution in [0, 0.1) is 10.1 Å². The molecule has 2 aromatic carbocycles. The van der Waals surface area contributed by atoms with Crippen LogP contribution in [-0.2, 0) is 16.1 Å². The highest BCUT2D eigenvalue weighted by molar-refractivity contribution is 5.81. The predicted octanol–water partition coefficient (Wildman–Crippen LogP) is 2.88. The van der Waals surface area contributed by atoms with Gasteiger partial charge in [0.1, 0.15) is 6.61 Å². The molecule has 5 rings (SSSR count). The first-order chi connectivity index (χ1) is 20.1. The number of ether oxygens (including phenoxy) is 4. The molecule has 2 aliphatic heterocycles. The van der Waals surface area contributed by atoms with Crippen LogP contribution in [0.25, 0.3) is 0 Å². The van der Waals surface area contributed by atoms with E-state index < -0.39 is 4.92 Å². The van der Waals surface area contributed by atoms with Gasteiger partial charge in [-0.05, 0) is 48.4 Å². The Kier molecular flexibility index (Phi) is 9.34. The second kappa shape index (κ2) is 13.7. The number of benzene rings is 2. The molecule has 0 spiro atoms. The molecule has 0 aliphatic carbocycles. The van der Waals surface area contributed by atoms with Crippen LogP contribution >= 0.6 is 0 Å². The highest BCUT2D eigenvalue weighted by Crippen LogP contribution is 2.29. The zero-order chi connectivity index (χ0) is 28.4. The first-order valence-electron chi connectivity index (χ1n) is 13.4. The lowest BCUT2D eigenvalue weighted by molar-refractivity contribution is -0.384. The van der Waals surface area contributed by atoms with Gasteiger partial charge in [-0.1, -0.05) is 0 Å². The van der Waals surface area contributed by atoms with Crippen molar-refractivity contribution in [2.45, 2.75) is 13.5 Å². The number of non-ortho nitro benzene ring substituents is 1. The Labute approximate surface area is 237 Å².